The number of carbonyl (C=O) groups excluding carboxylic acids is 3. The molecule has 0 radical (unpaired) electrons. The molecule has 1 aromatic carbocycles. The molecule has 1 atom stereocenters. The average molecular weight is 444 g/mol. The zero-order valence-electron chi connectivity index (χ0n) is 18.3. The van der Waals surface area contributed by atoms with Crippen LogP contribution in [0.25, 0.3) is 0 Å². The van der Waals surface area contributed by atoms with Gasteiger partial charge in [0.15, 0.2) is 5.76 Å². The SMILES string of the molecule is COCCNC(=O)[C@@H](NC(=O)c1cccc(OC)c1)C1CCN(C(=O)c2ccco2)CC1. The number of nitrogens with zero attached hydrogens (tertiary/aromatic N) is 1. The number of piperidine rings is 1. The quantitative estimate of drug-likeness (QED) is 0.571. The van der Waals surface area contributed by atoms with E-state index in [1.807, 2.05) is 0 Å². The maximum Gasteiger partial charge on any atom is 0.289 e. The molecule has 1 aliphatic heterocycles. The topological polar surface area (TPSA) is 110 Å². The van der Waals surface area contributed by atoms with Crippen molar-refractivity contribution in [1.29, 1.82) is 0 Å². The lowest BCUT2D eigenvalue weighted by Crippen LogP contribution is -2.54. The van der Waals surface area contributed by atoms with E-state index in [1.54, 1.807) is 48.4 Å². The van der Waals surface area contributed by atoms with Crippen LogP contribution in [0.1, 0.15) is 33.8 Å². The molecule has 2 aromatic rings. The van der Waals surface area contributed by atoms with Crippen molar-refractivity contribution in [3.05, 3.63) is 54.0 Å². The maximum absolute atomic E-state index is 12.9. The molecule has 1 fully saturated rings. The molecule has 0 spiro atoms. The van der Waals surface area contributed by atoms with Crippen molar-refractivity contribution in [2.24, 2.45) is 5.92 Å². The van der Waals surface area contributed by atoms with Crippen LogP contribution in [0.15, 0.2) is 47.1 Å². The molecule has 2 heterocycles. The van der Waals surface area contributed by atoms with E-state index in [1.165, 1.54) is 13.4 Å². The summed E-state index contributed by atoms with van der Waals surface area (Å²) in [6, 6.07) is 9.34. The molecule has 2 N–H and O–H groups in total. The highest BCUT2D eigenvalue weighted by Gasteiger charge is 2.34. The summed E-state index contributed by atoms with van der Waals surface area (Å²) in [5, 5.41) is 5.70. The van der Waals surface area contributed by atoms with Crippen LogP contribution in [-0.4, -0.2) is 69.1 Å². The summed E-state index contributed by atoms with van der Waals surface area (Å²) in [7, 11) is 3.08. The summed E-state index contributed by atoms with van der Waals surface area (Å²) in [5.74, 6) is -0.0613. The highest BCUT2D eigenvalue weighted by Crippen LogP contribution is 2.23. The van der Waals surface area contributed by atoms with Crippen LogP contribution in [0.4, 0.5) is 0 Å². The lowest BCUT2D eigenvalue weighted by Gasteiger charge is -2.35. The van der Waals surface area contributed by atoms with Gasteiger partial charge in [0.2, 0.25) is 5.91 Å². The van der Waals surface area contributed by atoms with Crippen molar-refractivity contribution in [3.63, 3.8) is 0 Å². The van der Waals surface area contributed by atoms with Crippen molar-refractivity contribution in [2.45, 2.75) is 18.9 Å². The number of hydrogen-bond donors (Lipinski definition) is 2. The van der Waals surface area contributed by atoms with E-state index in [0.717, 1.165) is 0 Å². The van der Waals surface area contributed by atoms with E-state index < -0.39 is 6.04 Å². The number of amides is 3. The molecule has 172 valence electrons. The van der Waals surface area contributed by atoms with Crippen LogP contribution in [0, 0.1) is 5.92 Å². The summed E-state index contributed by atoms with van der Waals surface area (Å²) in [6.45, 7) is 1.66. The lowest BCUT2D eigenvalue weighted by atomic mass is 9.88. The van der Waals surface area contributed by atoms with Crippen molar-refractivity contribution in [1.82, 2.24) is 15.5 Å². The third kappa shape index (κ3) is 5.88. The van der Waals surface area contributed by atoms with Crippen LogP contribution >= 0.6 is 0 Å². The second kappa shape index (κ2) is 11.3. The molecule has 32 heavy (non-hydrogen) atoms. The Bertz CT molecular complexity index is 906. The Morgan fingerprint density at radius 1 is 1.16 bits per heavy atom. The number of carbonyl (C=O) groups is 3. The highest BCUT2D eigenvalue weighted by molar-refractivity contribution is 5.98. The second-order valence-electron chi connectivity index (χ2n) is 7.57. The normalized spacial score (nSPS) is 15.1. The molecule has 3 rings (SSSR count). The molecule has 0 saturated carbocycles. The van der Waals surface area contributed by atoms with E-state index in [0.29, 0.717) is 56.2 Å². The van der Waals surface area contributed by atoms with Gasteiger partial charge < -0.3 is 29.4 Å². The van der Waals surface area contributed by atoms with Crippen LogP contribution < -0.4 is 15.4 Å². The Morgan fingerprint density at radius 2 is 1.94 bits per heavy atom. The van der Waals surface area contributed by atoms with Gasteiger partial charge in [-0.15, -0.1) is 0 Å². The number of methoxy groups -OCH3 is 2. The number of benzene rings is 1. The number of rotatable bonds is 9. The first-order valence-corrected chi connectivity index (χ1v) is 10.6. The lowest BCUT2D eigenvalue weighted by molar-refractivity contribution is -0.124. The van der Waals surface area contributed by atoms with E-state index in [2.05, 4.69) is 10.6 Å². The molecule has 3 amide bonds. The van der Waals surface area contributed by atoms with Crippen molar-refractivity contribution in [3.8, 4) is 5.75 Å². The van der Waals surface area contributed by atoms with Crippen molar-refractivity contribution in [2.75, 3.05) is 40.5 Å². The molecule has 9 nitrogen and oxygen atoms in total. The molecule has 0 unspecified atom stereocenters. The van der Waals surface area contributed by atoms with Crippen LogP contribution in [0.2, 0.25) is 0 Å². The Hall–Kier alpha value is -3.33. The second-order valence-corrected chi connectivity index (χ2v) is 7.57. The van der Waals surface area contributed by atoms with Gasteiger partial charge in [-0.2, -0.15) is 0 Å². The van der Waals surface area contributed by atoms with Gasteiger partial charge in [0.1, 0.15) is 11.8 Å². The van der Waals surface area contributed by atoms with Gasteiger partial charge >= 0.3 is 0 Å². The van der Waals surface area contributed by atoms with Gasteiger partial charge in [-0.25, -0.2) is 0 Å². The average Bonchev–Trinajstić information content (AvgIpc) is 3.37. The van der Waals surface area contributed by atoms with Gasteiger partial charge in [0, 0.05) is 32.3 Å². The molecule has 1 aliphatic rings. The van der Waals surface area contributed by atoms with Gasteiger partial charge in [0.05, 0.1) is 20.0 Å². The van der Waals surface area contributed by atoms with Gasteiger partial charge in [-0.05, 0) is 49.1 Å². The molecule has 9 heteroatoms. The van der Waals surface area contributed by atoms with Crippen LogP contribution in [-0.2, 0) is 9.53 Å². The smallest absolute Gasteiger partial charge is 0.289 e. The fourth-order valence-electron chi connectivity index (χ4n) is 3.76. The maximum atomic E-state index is 12.9. The summed E-state index contributed by atoms with van der Waals surface area (Å²) >= 11 is 0. The zero-order valence-corrected chi connectivity index (χ0v) is 18.3. The molecule has 1 saturated heterocycles. The molecular formula is C23H29N3O6. The van der Waals surface area contributed by atoms with E-state index in [4.69, 9.17) is 13.9 Å². The highest BCUT2D eigenvalue weighted by atomic mass is 16.5. The number of furan rings is 1. The van der Waals surface area contributed by atoms with Gasteiger partial charge in [-0.1, -0.05) is 6.07 Å². The van der Waals surface area contributed by atoms with E-state index >= 15 is 0 Å². The molecule has 1 aromatic heterocycles. The minimum atomic E-state index is -0.730. The monoisotopic (exact) mass is 443 g/mol. The summed E-state index contributed by atoms with van der Waals surface area (Å²) in [5.41, 5.74) is 0.407. The van der Waals surface area contributed by atoms with E-state index in [9.17, 15) is 14.4 Å². The minimum absolute atomic E-state index is 0.118. The first kappa shape index (κ1) is 23.3. The third-order valence-corrected chi connectivity index (χ3v) is 5.54. The standard InChI is InChI=1S/C23H29N3O6/c1-30-14-10-24-22(28)20(25-21(27)17-5-3-6-18(15-17)31-2)16-8-11-26(12-9-16)23(29)19-7-4-13-32-19/h3-7,13,15-16,20H,8-12,14H2,1-2H3,(H,24,28)(H,25,27)/t20-/m0/s1. The number of hydrogen-bond acceptors (Lipinski definition) is 6. The molecule has 0 aliphatic carbocycles. The molecular weight excluding hydrogens is 414 g/mol. The Kier molecular flexibility index (Phi) is 8.27. The Balaban J connectivity index is 1.68. The third-order valence-electron chi connectivity index (χ3n) is 5.54. The zero-order chi connectivity index (χ0) is 22.9. The Labute approximate surface area is 187 Å². The fourth-order valence-corrected chi connectivity index (χ4v) is 3.76. The van der Waals surface area contributed by atoms with Crippen LogP contribution in [0.3, 0.4) is 0 Å². The summed E-state index contributed by atoms with van der Waals surface area (Å²) in [4.78, 5) is 40.0. The first-order valence-electron chi connectivity index (χ1n) is 10.6. The van der Waals surface area contributed by atoms with Crippen LogP contribution in [0.5, 0.6) is 5.75 Å². The predicted molar refractivity (Wildman–Crippen MR) is 116 cm³/mol. The minimum Gasteiger partial charge on any atom is -0.497 e. The first-order chi connectivity index (χ1) is 15.5. The largest absolute Gasteiger partial charge is 0.497 e. The summed E-state index contributed by atoms with van der Waals surface area (Å²) in [6.07, 6.45) is 2.62. The van der Waals surface area contributed by atoms with Gasteiger partial charge in [-0.3, -0.25) is 14.4 Å². The summed E-state index contributed by atoms with van der Waals surface area (Å²) < 4.78 is 15.4. The number of ether oxygens (including phenoxy) is 2. The molecule has 0 bridgehead atoms. The number of nitrogens with one attached hydrogen (secondary N) is 2. The number of likely N-dealkylation sites (tertiary alicyclic amines) is 1. The van der Waals surface area contributed by atoms with E-state index in [-0.39, 0.29) is 23.6 Å². The predicted octanol–water partition coefficient (Wildman–Crippen LogP) is 1.70. The fraction of sp³-hybridized carbons (Fsp3) is 0.435. The van der Waals surface area contributed by atoms with Crippen molar-refractivity contribution >= 4 is 17.7 Å². The Morgan fingerprint density at radius 3 is 2.59 bits per heavy atom. The van der Waals surface area contributed by atoms with Gasteiger partial charge in [0.25, 0.3) is 11.8 Å². The van der Waals surface area contributed by atoms with Crippen molar-refractivity contribution < 1.29 is 28.3 Å².